The number of rotatable bonds is 6. The Hall–Kier alpha value is -2.42. The van der Waals surface area contributed by atoms with E-state index in [1.165, 1.54) is 31.4 Å². The molecule has 2 aromatic rings. The van der Waals surface area contributed by atoms with Crippen LogP contribution in [0, 0.1) is 5.82 Å². The molecule has 122 valence electrons. The predicted molar refractivity (Wildman–Crippen MR) is 79.2 cm³/mol. The number of nitrogens with one attached hydrogen (secondary N) is 1. The van der Waals surface area contributed by atoms with Gasteiger partial charge in [-0.15, -0.1) is 10.2 Å². The van der Waals surface area contributed by atoms with E-state index in [1.807, 2.05) is 0 Å². The number of halogens is 1. The van der Waals surface area contributed by atoms with E-state index in [0.717, 1.165) is 11.8 Å². The van der Waals surface area contributed by atoms with Gasteiger partial charge in [0.1, 0.15) is 11.1 Å². The van der Waals surface area contributed by atoms with Gasteiger partial charge in [0, 0.05) is 5.56 Å². The first-order valence-electron chi connectivity index (χ1n) is 6.60. The van der Waals surface area contributed by atoms with Gasteiger partial charge in [-0.25, -0.2) is 4.39 Å². The topological polar surface area (TPSA) is 94.3 Å². The van der Waals surface area contributed by atoms with Crippen LogP contribution in [0.2, 0.25) is 0 Å². The summed E-state index contributed by atoms with van der Waals surface area (Å²) in [5.74, 6) is -1.01. The maximum absolute atomic E-state index is 12.8. The molecular formula is C14H14FN3O4S. The number of benzene rings is 1. The van der Waals surface area contributed by atoms with Gasteiger partial charge in [0.25, 0.3) is 11.1 Å². The number of ether oxygens (including phenoxy) is 1. The Bertz CT molecular complexity index is 690. The minimum Gasteiger partial charge on any atom is -0.468 e. The standard InChI is InChI=1S/C14H14FN3O4S/c1-8(13(20)21-2)23-14-18-17-11(22-14)7-16-12(19)9-3-5-10(15)6-4-9/h3-6,8H,7H2,1-2H3,(H,16,19)/t8-/m0/s1. The molecule has 0 aliphatic heterocycles. The van der Waals surface area contributed by atoms with Gasteiger partial charge in [0.05, 0.1) is 13.7 Å². The van der Waals surface area contributed by atoms with Gasteiger partial charge in [-0.2, -0.15) is 0 Å². The molecule has 0 aliphatic rings. The summed E-state index contributed by atoms with van der Waals surface area (Å²) < 4.78 is 22.7. The Labute approximate surface area is 135 Å². The van der Waals surface area contributed by atoms with Crippen molar-refractivity contribution in [3.8, 4) is 0 Å². The minimum atomic E-state index is -0.484. The van der Waals surface area contributed by atoms with Gasteiger partial charge < -0.3 is 14.5 Å². The number of methoxy groups -OCH3 is 1. The molecule has 0 saturated heterocycles. The van der Waals surface area contributed by atoms with Crippen LogP contribution in [0.4, 0.5) is 4.39 Å². The number of carbonyl (C=O) groups excluding carboxylic acids is 2. The highest BCUT2D eigenvalue weighted by atomic mass is 32.2. The second-order valence-electron chi connectivity index (χ2n) is 4.43. The molecule has 0 spiro atoms. The number of hydrogen-bond donors (Lipinski definition) is 1. The van der Waals surface area contributed by atoms with Gasteiger partial charge in [-0.1, -0.05) is 11.8 Å². The molecule has 9 heteroatoms. The monoisotopic (exact) mass is 339 g/mol. The van der Waals surface area contributed by atoms with E-state index >= 15 is 0 Å². The summed E-state index contributed by atoms with van der Waals surface area (Å²) in [5.41, 5.74) is 0.319. The minimum absolute atomic E-state index is 0.0242. The zero-order valence-corrected chi connectivity index (χ0v) is 13.2. The number of carbonyl (C=O) groups is 2. The SMILES string of the molecule is COC(=O)[C@H](C)Sc1nnc(CNC(=O)c2ccc(F)cc2)o1. The van der Waals surface area contributed by atoms with Gasteiger partial charge in [0.2, 0.25) is 5.89 Å². The van der Waals surface area contributed by atoms with Crippen molar-refractivity contribution in [2.45, 2.75) is 23.9 Å². The summed E-state index contributed by atoms with van der Waals surface area (Å²) in [6.45, 7) is 1.67. The molecule has 1 atom stereocenters. The van der Waals surface area contributed by atoms with E-state index in [2.05, 4.69) is 20.3 Å². The van der Waals surface area contributed by atoms with Crippen LogP contribution in [0.3, 0.4) is 0 Å². The molecule has 1 heterocycles. The predicted octanol–water partition coefficient (Wildman–Crippen LogP) is 1.79. The molecule has 1 N–H and O–H groups in total. The van der Waals surface area contributed by atoms with Gasteiger partial charge in [-0.05, 0) is 31.2 Å². The molecule has 1 amide bonds. The van der Waals surface area contributed by atoms with Crippen molar-refractivity contribution >= 4 is 23.6 Å². The van der Waals surface area contributed by atoms with Gasteiger partial charge >= 0.3 is 5.97 Å². The van der Waals surface area contributed by atoms with Crippen LogP contribution in [-0.4, -0.2) is 34.4 Å². The lowest BCUT2D eigenvalue weighted by atomic mass is 10.2. The molecule has 0 bridgehead atoms. The summed E-state index contributed by atoms with van der Waals surface area (Å²) in [4.78, 5) is 23.2. The van der Waals surface area contributed by atoms with Crippen molar-refractivity contribution in [1.29, 1.82) is 0 Å². The molecule has 0 radical (unpaired) electrons. The highest BCUT2D eigenvalue weighted by molar-refractivity contribution is 8.00. The molecule has 1 aromatic heterocycles. The van der Waals surface area contributed by atoms with Crippen LogP contribution in [0.5, 0.6) is 0 Å². The second-order valence-corrected chi connectivity index (χ2v) is 5.73. The van der Waals surface area contributed by atoms with Crippen LogP contribution >= 0.6 is 11.8 Å². The first-order valence-corrected chi connectivity index (χ1v) is 7.48. The Morgan fingerprint density at radius 1 is 1.35 bits per heavy atom. The van der Waals surface area contributed by atoms with Crippen molar-refractivity contribution < 1.29 is 23.1 Å². The van der Waals surface area contributed by atoms with E-state index in [0.29, 0.717) is 5.56 Å². The van der Waals surface area contributed by atoms with Crippen LogP contribution in [0.25, 0.3) is 0 Å². The molecular weight excluding hydrogens is 325 g/mol. The lowest BCUT2D eigenvalue weighted by molar-refractivity contribution is -0.139. The first-order chi connectivity index (χ1) is 11.0. The van der Waals surface area contributed by atoms with Crippen LogP contribution in [0.15, 0.2) is 33.9 Å². The Kier molecular flexibility index (Phi) is 5.69. The van der Waals surface area contributed by atoms with Crippen LogP contribution < -0.4 is 5.32 Å². The number of aromatic nitrogens is 2. The third-order valence-corrected chi connectivity index (χ3v) is 3.68. The quantitative estimate of drug-likeness (QED) is 0.633. The fourth-order valence-corrected chi connectivity index (χ4v) is 2.31. The average Bonchev–Trinajstić information content (AvgIpc) is 2.99. The number of esters is 1. The van der Waals surface area contributed by atoms with Crippen molar-refractivity contribution in [1.82, 2.24) is 15.5 Å². The smallest absolute Gasteiger partial charge is 0.319 e. The van der Waals surface area contributed by atoms with Crippen LogP contribution in [-0.2, 0) is 16.1 Å². The van der Waals surface area contributed by atoms with E-state index in [9.17, 15) is 14.0 Å². The van der Waals surface area contributed by atoms with Crippen molar-refractivity contribution in [2.24, 2.45) is 0 Å². The zero-order valence-electron chi connectivity index (χ0n) is 12.4. The molecule has 2 rings (SSSR count). The maximum atomic E-state index is 12.8. The van der Waals surface area contributed by atoms with Gasteiger partial charge in [-0.3, -0.25) is 9.59 Å². The largest absolute Gasteiger partial charge is 0.468 e. The normalized spacial score (nSPS) is 11.8. The van der Waals surface area contributed by atoms with E-state index < -0.39 is 17.0 Å². The molecule has 0 aliphatic carbocycles. The van der Waals surface area contributed by atoms with E-state index in [4.69, 9.17) is 4.42 Å². The van der Waals surface area contributed by atoms with Gasteiger partial charge in [0.15, 0.2) is 0 Å². The Morgan fingerprint density at radius 2 is 2.04 bits per heavy atom. The number of nitrogens with zero attached hydrogens (tertiary/aromatic N) is 2. The third kappa shape index (κ3) is 4.78. The molecule has 0 unspecified atom stereocenters. The van der Waals surface area contributed by atoms with E-state index in [1.54, 1.807) is 6.92 Å². The average molecular weight is 339 g/mol. The molecule has 7 nitrogen and oxygen atoms in total. The summed E-state index contributed by atoms with van der Waals surface area (Å²) in [7, 11) is 1.30. The van der Waals surface area contributed by atoms with Crippen molar-refractivity contribution in [3.05, 3.63) is 41.5 Å². The first kappa shape index (κ1) is 16.9. The van der Waals surface area contributed by atoms with Crippen LogP contribution in [0.1, 0.15) is 23.2 Å². The zero-order chi connectivity index (χ0) is 16.8. The number of amides is 1. The van der Waals surface area contributed by atoms with E-state index in [-0.39, 0.29) is 23.6 Å². The van der Waals surface area contributed by atoms with Crippen molar-refractivity contribution in [3.63, 3.8) is 0 Å². The highest BCUT2D eigenvalue weighted by Gasteiger charge is 2.18. The summed E-state index contributed by atoms with van der Waals surface area (Å²) >= 11 is 1.06. The fourth-order valence-electron chi connectivity index (χ4n) is 1.58. The molecule has 0 fully saturated rings. The Morgan fingerprint density at radius 3 is 2.70 bits per heavy atom. The summed E-state index contributed by atoms with van der Waals surface area (Å²) in [6.07, 6.45) is 0. The van der Waals surface area contributed by atoms with Crippen molar-refractivity contribution in [2.75, 3.05) is 7.11 Å². The summed E-state index contributed by atoms with van der Waals surface area (Å²) in [5, 5.41) is 9.84. The Balaban J connectivity index is 1.88. The molecule has 23 heavy (non-hydrogen) atoms. The maximum Gasteiger partial charge on any atom is 0.319 e. The number of thioether (sulfide) groups is 1. The fraction of sp³-hybridized carbons (Fsp3) is 0.286. The molecule has 0 saturated carbocycles. The lowest BCUT2D eigenvalue weighted by Gasteiger charge is -2.04. The lowest BCUT2D eigenvalue weighted by Crippen LogP contribution is -2.22. The number of hydrogen-bond acceptors (Lipinski definition) is 7. The summed E-state index contributed by atoms with van der Waals surface area (Å²) in [6, 6.07) is 5.14. The third-order valence-electron chi connectivity index (χ3n) is 2.77. The second kappa shape index (κ2) is 7.73. The molecule has 1 aromatic carbocycles. The highest BCUT2D eigenvalue weighted by Crippen LogP contribution is 2.22.